The van der Waals surface area contributed by atoms with E-state index in [4.69, 9.17) is 4.74 Å². The van der Waals surface area contributed by atoms with E-state index < -0.39 is 0 Å². The summed E-state index contributed by atoms with van der Waals surface area (Å²) in [6.45, 7) is 2.54. The second-order valence-corrected chi connectivity index (χ2v) is 7.41. The predicted molar refractivity (Wildman–Crippen MR) is 110 cm³/mol. The number of thioether (sulfide) groups is 1. The van der Waals surface area contributed by atoms with Crippen LogP contribution in [-0.4, -0.2) is 50.2 Å². The van der Waals surface area contributed by atoms with Gasteiger partial charge in [-0.05, 0) is 37.1 Å². The monoisotopic (exact) mass is 386 g/mol. The van der Waals surface area contributed by atoms with Crippen molar-refractivity contribution >= 4 is 23.6 Å². The highest BCUT2D eigenvalue weighted by Gasteiger charge is 2.13. The number of benzene rings is 2. The normalized spacial score (nSPS) is 10.4. The van der Waals surface area contributed by atoms with E-state index in [-0.39, 0.29) is 11.8 Å². The number of rotatable bonds is 8. The van der Waals surface area contributed by atoms with E-state index in [1.54, 1.807) is 32.2 Å². The lowest BCUT2D eigenvalue weighted by atomic mass is 10.1. The van der Waals surface area contributed by atoms with Crippen molar-refractivity contribution < 1.29 is 14.3 Å². The molecule has 0 saturated carbocycles. The van der Waals surface area contributed by atoms with Crippen LogP contribution in [0.3, 0.4) is 0 Å². The molecule has 0 heterocycles. The lowest BCUT2D eigenvalue weighted by molar-refractivity contribution is -0.125. The van der Waals surface area contributed by atoms with Crippen LogP contribution in [-0.2, 0) is 11.2 Å². The number of carbonyl (C=O) groups is 2. The Morgan fingerprint density at radius 2 is 1.89 bits per heavy atom. The van der Waals surface area contributed by atoms with Crippen LogP contribution < -0.4 is 10.1 Å². The summed E-state index contributed by atoms with van der Waals surface area (Å²) in [6.07, 6.45) is 0.686. The lowest BCUT2D eigenvalue weighted by Gasteiger charge is -2.13. The first-order valence-corrected chi connectivity index (χ1v) is 9.74. The predicted octanol–water partition coefficient (Wildman–Crippen LogP) is 3.16. The fourth-order valence-corrected chi connectivity index (χ4v) is 3.59. The van der Waals surface area contributed by atoms with Gasteiger partial charge in [0, 0.05) is 25.5 Å². The molecular formula is C21H26N2O3S. The van der Waals surface area contributed by atoms with Crippen LogP contribution in [0, 0.1) is 6.92 Å². The summed E-state index contributed by atoms with van der Waals surface area (Å²) in [6, 6.07) is 13.4. The van der Waals surface area contributed by atoms with Gasteiger partial charge in [0.2, 0.25) is 5.91 Å². The Kier molecular flexibility index (Phi) is 7.73. The molecule has 27 heavy (non-hydrogen) atoms. The molecule has 0 radical (unpaired) electrons. The SMILES string of the molecule is COc1ccc(C)cc1CCNC(=O)c1ccccc1SCC(=O)N(C)C. The van der Waals surface area contributed by atoms with Gasteiger partial charge >= 0.3 is 0 Å². The van der Waals surface area contributed by atoms with Crippen molar-refractivity contribution in [2.45, 2.75) is 18.2 Å². The highest BCUT2D eigenvalue weighted by molar-refractivity contribution is 8.00. The zero-order chi connectivity index (χ0) is 19.8. The van der Waals surface area contributed by atoms with Crippen LogP contribution in [0.4, 0.5) is 0 Å². The molecule has 2 aromatic carbocycles. The number of hydrogen-bond donors (Lipinski definition) is 1. The molecule has 0 fully saturated rings. The average molecular weight is 387 g/mol. The summed E-state index contributed by atoms with van der Waals surface area (Å²) >= 11 is 1.38. The summed E-state index contributed by atoms with van der Waals surface area (Å²) in [5.41, 5.74) is 2.81. The fourth-order valence-electron chi connectivity index (χ4n) is 2.56. The molecule has 2 amide bonds. The number of amides is 2. The van der Waals surface area contributed by atoms with Crippen LogP contribution in [0.5, 0.6) is 5.75 Å². The Balaban J connectivity index is 1.98. The van der Waals surface area contributed by atoms with Crippen LogP contribution in [0.25, 0.3) is 0 Å². The molecular weight excluding hydrogens is 360 g/mol. The smallest absolute Gasteiger partial charge is 0.252 e. The molecule has 0 aliphatic carbocycles. The van der Waals surface area contributed by atoms with Gasteiger partial charge in [0.05, 0.1) is 18.4 Å². The second-order valence-electron chi connectivity index (χ2n) is 6.39. The van der Waals surface area contributed by atoms with Gasteiger partial charge in [-0.15, -0.1) is 11.8 Å². The van der Waals surface area contributed by atoms with Gasteiger partial charge in [0.1, 0.15) is 5.75 Å². The van der Waals surface area contributed by atoms with Gasteiger partial charge in [0.25, 0.3) is 5.91 Å². The maximum Gasteiger partial charge on any atom is 0.252 e. The number of nitrogens with one attached hydrogen (secondary N) is 1. The largest absolute Gasteiger partial charge is 0.496 e. The van der Waals surface area contributed by atoms with Crippen molar-refractivity contribution in [3.63, 3.8) is 0 Å². The van der Waals surface area contributed by atoms with Crippen LogP contribution in [0.2, 0.25) is 0 Å². The van der Waals surface area contributed by atoms with Gasteiger partial charge in [-0.3, -0.25) is 9.59 Å². The number of methoxy groups -OCH3 is 1. The van der Waals surface area contributed by atoms with E-state index >= 15 is 0 Å². The summed E-state index contributed by atoms with van der Waals surface area (Å²) in [4.78, 5) is 26.8. The molecule has 0 atom stereocenters. The van der Waals surface area contributed by atoms with Crippen LogP contribution in [0.1, 0.15) is 21.5 Å². The second kappa shape index (κ2) is 10.0. The Hall–Kier alpha value is -2.47. The minimum atomic E-state index is -0.137. The molecule has 2 aromatic rings. The highest BCUT2D eigenvalue weighted by atomic mass is 32.2. The Morgan fingerprint density at radius 1 is 1.15 bits per heavy atom. The molecule has 0 aliphatic heterocycles. The van der Waals surface area contributed by atoms with E-state index in [0.717, 1.165) is 21.8 Å². The molecule has 0 aliphatic rings. The Bertz CT molecular complexity index is 806. The van der Waals surface area contributed by atoms with Crippen LogP contribution in [0.15, 0.2) is 47.4 Å². The van der Waals surface area contributed by atoms with Gasteiger partial charge in [-0.25, -0.2) is 0 Å². The zero-order valence-electron chi connectivity index (χ0n) is 16.2. The summed E-state index contributed by atoms with van der Waals surface area (Å²) < 4.78 is 5.38. The molecule has 0 aromatic heterocycles. The number of carbonyl (C=O) groups excluding carboxylic acids is 2. The van der Waals surface area contributed by atoms with Crippen molar-refractivity contribution in [1.82, 2.24) is 10.2 Å². The molecule has 144 valence electrons. The molecule has 5 nitrogen and oxygen atoms in total. The molecule has 0 saturated heterocycles. The Morgan fingerprint density at radius 3 is 2.59 bits per heavy atom. The van der Waals surface area contributed by atoms with Gasteiger partial charge < -0.3 is 15.0 Å². The van der Waals surface area contributed by atoms with Crippen molar-refractivity contribution in [2.24, 2.45) is 0 Å². The van der Waals surface area contributed by atoms with Crippen LogP contribution >= 0.6 is 11.8 Å². The molecule has 6 heteroatoms. The minimum absolute atomic E-state index is 0.0155. The van der Waals surface area contributed by atoms with Gasteiger partial charge in [0.15, 0.2) is 0 Å². The molecule has 0 bridgehead atoms. The van der Waals surface area contributed by atoms with E-state index in [0.29, 0.717) is 24.3 Å². The summed E-state index contributed by atoms with van der Waals surface area (Å²) in [5, 5.41) is 2.97. The summed E-state index contributed by atoms with van der Waals surface area (Å²) in [7, 11) is 5.09. The molecule has 0 unspecified atom stereocenters. The summed E-state index contributed by atoms with van der Waals surface area (Å²) in [5.74, 6) is 1.01. The van der Waals surface area contributed by atoms with E-state index in [1.807, 2.05) is 37.3 Å². The van der Waals surface area contributed by atoms with Crippen molar-refractivity contribution in [3.05, 3.63) is 59.2 Å². The fraction of sp³-hybridized carbons (Fsp3) is 0.333. The van der Waals surface area contributed by atoms with Crippen molar-refractivity contribution in [1.29, 1.82) is 0 Å². The lowest BCUT2D eigenvalue weighted by Crippen LogP contribution is -2.27. The van der Waals surface area contributed by atoms with Gasteiger partial charge in [-0.1, -0.05) is 29.8 Å². The molecule has 0 spiro atoms. The maximum atomic E-state index is 12.6. The average Bonchev–Trinajstić information content (AvgIpc) is 2.66. The number of hydrogen-bond acceptors (Lipinski definition) is 4. The molecule has 1 N–H and O–H groups in total. The maximum absolute atomic E-state index is 12.6. The standard InChI is InChI=1S/C21H26N2O3S/c1-15-9-10-18(26-4)16(13-15)11-12-22-21(25)17-7-5-6-8-19(17)27-14-20(24)23(2)3/h5-10,13H,11-12,14H2,1-4H3,(H,22,25). The first-order chi connectivity index (χ1) is 12.9. The minimum Gasteiger partial charge on any atom is -0.496 e. The van der Waals surface area contributed by atoms with Crippen molar-refractivity contribution in [3.8, 4) is 5.75 Å². The number of ether oxygens (including phenoxy) is 1. The first kappa shape index (κ1) is 20.8. The van der Waals surface area contributed by atoms with E-state index in [1.165, 1.54) is 11.8 Å². The number of aryl methyl sites for hydroxylation is 1. The first-order valence-electron chi connectivity index (χ1n) is 8.76. The Labute approximate surface area is 165 Å². The number of nitrogens with zero attached hydrogens (tertiary/aromatic N) is 1. The highest BCUT2D eigenvalue weighted by Crippen LogP contribution is 2.23. The molecule has 2 rings (SSSR count). The zero-order valence-corrected chi connectivity index (χ0v) is 17.1. The third-order valence-electron chi connectivity index (χ3n) is 4.10. The van der Waals surface area contributed by atoms with Gasteiger partial charge in [-0.2, -0.15) is 0 Å². The topological polar surface area (TPSA) is 58.6 Å². The van der Waals surface area contributed by atoms with Crippen molar-refractivity contribution in [2.75, 3.05) is 33.5 Å². The van der Waals surface area contributed by atoms with E-state index in [2.05, 4.69) is 11.4 Å². The van der Waals surface area contributed by atoms with E-state index in [9.17, 15) is 9.59 Å². The third-order valence-corrected chi connectivity index (χ3v) is 5.16. The quantitative estimate of drug-likeness (QED) is 0.708. The third kappa shape index (κ3) is 6.03.